The summed E-state index contributed by atoms with van der Waals surface area (Å²) in [7, 11) is 1.77. The maximum absolute atomic E-state index is 9.45. The normalized spacial score (nSPS) is 25.7. The molecule has 0 aromatic heterocycles. The molecule has 0 bridgehead atoms. The lowest BCUT2D eigenvalue weighted by atomic mass is 9.95. The summed E-state index contributed by atoms with van der Waals surface area (Å²) in [5.41, 5.74) is 0.917. The minimum atomic E-state index is -0.424. The SMILES string of the molecule is COC1CCCC(Oc2ccc([C@@H](C)O)cc2)C1. The van der Waals surface area contributed by atoms with Crippen LogP contribution in [0.2, 0.25) is 0 Å². The van der Waals surface area contributed by atoms with Gasteiger partial charge in [0.25, 0.3) is 0 Å². The minimum absolute atomic E-state index is 0.251. The monoisotopic (exact) mass is 250 g/mol. The van der Waals surface area contributed by atoms with Crippen LogP contribution in [0.4, 0.5) is 0 Å². The predicted molar refractivity (Wildman–Crippen MR) is 70.8 cm³/mol. The van der Waals surface area contributed by atoms with Crippen LogP contribution in [0.15, 0.2) is 24.3 Å². The highest BCUT2D eigenvalue weighted by Gasteiger charge is 2.22. The van der Waals surface area contributed by atoms with E-state index in [0.29, 0.717) is 6.10 Å². The first-order chi connectivity index (χ1) is 8.69. The van der Waals surface area contributed by atoms with Crippen LogP contribution in [-0.2, 0) is 4.74 Å². The maximum Gasteiger partial charge on any atom is 0.119 e. The molecule has 3 atom stereocenters. The van der Waals surface area contributed by atoms with Crippen molar-refractivity contribution >= 4 is 0 Å². The average Bonchev–Trinajstić information content (AvgIpc) is 2.39. The van der Waals surface area contributed by atoms with E-state index >= 15 is 0 Å². The van der Waals surface area contributed by atoms with Crippen LogP contribution in [-0.4, -0.2) is 24.4 Å². The van der Waals surface area contributed by atoms with Crippen molar-refractivity contribution < 1.29 is 14.6 Å². The molecule has 1 aliphatic rings. The molecule has 1 aromatic rings. The Bertz CT molecular complexity index is 359. The summed E-state index contributed by atoms with van der Waals surface area (Å²) in [5.74, 6) is 0.876. The summed E-state index contributed by atoms with van der Waals surface area (Å²) in [4.78, 5) is 0. The van der Waals surface area contributed by atoms with Gasteiger partial charge in [0.05, 0.1) is 12.2 Å². The molecule has 100 valence electrons. The maximum atomic E-state index is 9.45. The summed E-state index contributed by atoms with van der Waals surface area (Å²) < 4.78 is 11.4. The van der Waals surface area contributed by atoms with Gasteiger partial charge in [-0.05, 0) is 43.9 Å². The average molecular weight is 250 g/mol. The Labute approximate surface area is 109 Å². The molecule has 0 saturated heterocycles. The van der Waals surface area contributed by atoms with Gasteiger partial charge in [-0.1, -0.05) is 12.1 Å². The van der Waals surface area contributed by atoms with Crippen LogP contribution in [0, 0.1) is 0 Å². The van der Waals surface area contributed by atoms with E-state index in [0.717, 1.165) is 37.0 Å². The Morgan fingerprint density at radius 1 is 1.17 bits per heavy atom. The van der Waals surface area contributed by atoms with Crippen LogP contribution in [0.1, 0.15) is 44.3 Å². The van der Waals surface area contributed by atoms with Crippen LogP contribution in [0.25, 0.3) is 0 Å². The molecule has 2 rings (SSSR count). The fraction of sp³-hybridized carbons (Fsp3) is 0.600. The van der Waals surface area contributed by atoms with Crippen molar-refractivity contribution in [1.82, 2.24) is 0 Å². The van der Waals surface area contributed by atoms with E-state index in [1.165, 1.54) is 0 Å². The third-order valence-corrected chi connectivity index (χ3v) is 3.58. The molecule has 1 aliphatic carbocycles. The Morgan fingerprint density at radius 3 is 2.44 bits per heavy atom. The number of aliphatic hydroxyl groups is 1. The number of rotatable bonds is 4. The molecule has 1 saturated carbocycles. The zero-order valence-corrected chi connectivity index (χ0v) is 11.1. The van der Waals surface area contributed by atoms with E-state index in [9.17, 15) is 5.11 Å². The quantitative estimate of drug-likeness (QED) is 0.892. The highest BCUT2D eigenvalue weighted by Crippen LogP contribution is 2.26. The van der Waals surface area contributed by atoms with Gasteiger partial charge in [0.1, 0.15) is 11.9 Å². The van der Waals surface area contributed by atoms with Crippen LogP contribution in [0.3, 0.4) is 0 Å². The Balaban J connectivity index is 1.92. The van der Waals surface area contributed by atoms with Crippen LogP contribution in [0.5, 0.6) is 5.75 Å². The van der Waals surface area contributed by atoms with Crippen molar-refractivity contribution in [3.05, 3.63) is 29.8 Å². The summed E-state index contributed by atoms with van der Waals surface area (Å²) in [6, 6.07) is 7.68. The van der Waals surface area contributed by atoms with Crippen LogP contribution >= 0.6 is 0 Å². The molecule has 18 heavy (non-hydrogen) atoms. The third kappa shape index (κ3) is 3.47. The van der Waals surface area contributed by atoms with E-state index in [1.54, 1.807) is 14.0 Å². The topological polar surface area (TPSA) is 38.7 Å². The van der Waals surface area contributed by atoms with Gasteiger partial charge in [-0.25, -0.2) is 0 Å². The van der Waals surface area contributed by atoms with Gasteiger partial charge >= 0.3 is 0 Å². The molecule has 3 nitrogen and oxygen atoms in total. The van der Waals surface area contributed by atoms with Crippen LogP contribution < -0.4 is 4.74 Å². The highest BCUT2D eigenvalue weighted by molar-refractivity contribution is 5.28. The van der Waals surface area contributed by atoms with Crippen molar-refractivity contribution in [3.8, 4) is 5.75 Å². The van der Waals surface area contributed by atoms with Crippen molar-refractivity contribution in [3.63, 3.8) is 0 Å². The minimum Gasteiger partial charge on any atom is -0.490 e. The Kier molecular flexibility index (Phi) is 4.61. The summed E-state index contributed by atoms with van der Waals surface area (Å²) in [5, 5.41) is 9.45. The Hall–Kier alpha value is -1.06. The standard InChI is InChI=1S/C15H22O3/c1-11(16)12-6-8-13(9-7-12)18-15-5-3-4-14(10-15)17-2/h6-9,11,14-16H,3-5,10H2,1-2H3/t11-,14?,15?/m1/s1. The molecule has 0 spiro atoms. The van der Waals surface area contributed by atoms with Crippen molar-refractivity contribution in [2.45, 2.75) is 50.9 Å². The van der Waals surface area contributed by atoms with E-state index in [4.69, 9.17) is 9.47 Å². The van der Waals surface area contributed by atoms with E-state index in [-0.39, 0.29) is 6.10 Å². The molecular weight excluding hydrogens is 228 g/mol. The molecule has 0 heterocycles. The van der Waals surface area contributed by atoms with Gasteiger partial charge in [-0.3, -0.25) is 0 Å². The predicted octanol–water partition coefficient (Wildman–Crippen LogP) is 3.08. The number of ether oxygens (including phenoxy) is 2. The fourth-order valence-corrected chi connectivity index (χ4v) is 2.44. The largest absolute Gasteiger partial charge is 0.490 e. The lowest BCUT2D eigenvalue weighted by Crippen LogP contribution is -2.29. The van der Waals surface area contributed by atoms with Gasteiger partial charge in [0.2, 0.25) is 0 Å². The zero-order chi connectivity index (χ0) is 13.0. The van der Waals surface area contributed by atoms with E-state index < -0.39 is 6.10 Å². The summed E-state index contributed by atoms with van der Waals surface area (Å²) in [6.45, 7) is 1.76. The second-order valence-corrected chi connectivity index (χ2v) is 5.01. The number of benzene rings is 1. The summed E-state index contributed by atoms with van der Waals surface area (Å²) >= 11 is 0. The van der Waals surface area contributed by atoms with Crippen molar-refractivity contribution in [2.24, 2.45) is 0 Å². The molecule has 1 aromatic carbocycles. The smallest absolute Gasteiger partial charge is 0.119 e. The number of hydrogen-bond acceptors (Lipinski definition) is 3. The van der Waals surface area contributed by atoms with Gasteiger partial charge in [-0.15, -0.1) is 0 Å². The molecule has 1 N–H and O–H groups in total. The van der Waals surface area contributed by atoms with Gasteiger partial charge in [-0.2, -0.15) is 0 Å². The lowest BCUT2D eigenvalue weighted by molar-refractivity contribution is 0.0209. The number of methoxy groups -OCH3 is 1. The fourth-order valence-electron chi connectivity index (χ4n) is 2.44. The first kappa shape index (κ1) is 13.4. The molecule has 0 aliphatic heterocycles. The number of hydrogen-bond donors (Lipinski definition) is 1. The second kappa shape index (κ2) is 6.21. The molecule has 0 radical (unpaired) electrons. The molecule has 1 fully saturated rings. The van der Waals surface area contributed by atoms with E-state index in [1.807, 2.05) is 24.3 Å². The van der Waals surface area contributed by atoms with Gasteiger partial charge in [0.15, 0.2) is 0 Å². The highest BCUT2D eigenvalue weighted by atomic mass is 16.5. The molecule has 0 amide bonds. The molecule has 2 unspecified atom stereocenters. The van der Waals surface area contributed by atoms with Crippen molar-refractivity contribution in [2.75, 3.05) is 7.11 Å². The number of aliphatic hydroxyl groups excluding tert-OH is 1. The third-order valence-electron chi connectivity index (χ3n) is 3.58. The summed E-state index contributed by atoms with van der Waals surface area (Å²) in [6.07, 6.45) is 4.52. The first-order valence-electron chi connectivity index (χ1n) is 6.66. The second-order valence-electron chi connectivity index (χ2n) is 5.01. The lowest BCUT2D eigenvalue weighted by Gasteiger charge is -2.28. The van der Waals surface area contributed by atoms with Gasteiger partial charge < -0.3 is 14.6 Å². The zero-order valence-electron chi connectivity index (χ0n) is 11.1. The van der Waals surface area contributed by atoms with Crippen molar-refractivity contribution in [1.29, 1.82) is 0 Å². The van der Waals surface area contributed by atoms with Gasteiger partial charge in [0, 0.05) is 13.5 Å². The first-order valence-corrected chi connectivity index (χ1v) is 6.66. The molecule has 3 heteroatoms. The molecular formula is C15H22O3. The van der Waals surface area contributed by atoms with E-state index in [2.05, 4.69) is 0 Å². The Morgan fingerprint density at radius 2 is 1.83 bits per heavy atom.